The van der Waals surface area contributed by atoms with Crippen molar-refractivity contribution in [2.75, 3.05) is 6.79 Å². The van der Waals surface area contributed by atoms with Gasteiger partial charge in [-0.1, -0.05) is 0 Å². The SMILES string of the molecule is Cc1c(CC2(N)CC2)cc(Br)c2c1OCO2. The Labute approximate surface area is 103 Å². The van der Waals surface area contributed by atoms with E-state index in [9.17, 15) is 0 Å². The van der Waals surface area contributed by atoms with Crippen LogP contribution in [0.5, 0.6) is 11.5 Å². The van der Waals surface area contributed by atoms with E-state index in [2.05, 4.69) is 28.9 Å². The van der Waals surface area contributed by atoms with Crippen LogP contribution in [0, 0.1) is 6.92 Å². The number of benzene rings is 1. The summed E-state index contributed by atoms with van der Waals surface area (Å²) < 4.78 is 11.9. The average molecular weight is 284 g/mol. The molecule has 0 saturated heterocycles. The maximum Gasteiger partial charge on any atom is 0.231 e. The third-order valence-corrected chi connectivity index (χ3v) is 3.98. The Hall–Kier alpha value is -0.740. The Balaban J connectivity index is 2.02. The van der Waals surface area contributed by atoms with Gasteiger partial charge < -0.3 is 15.2 Å². The second kappa shape index (κ2) is 3.37. The Bertz CT molecular complexity index is 455. The van der Waals surface area contributed by atoms with Crippen LogP contribution in [0.25, 0.3) is 0 Å². The van der Waals surface area contributed by atoms with Crippen molar-refractivity contribution in [3.63, 3.8) is 0 Å². The molecule has 1 saturated carbocycles. The van der Waals surface area contributed by atoms with Crippen LogP contribution in [0.15, 0.2) is 10.5 Å². The minimum Gasteiger partial charge on any atom is -0.453 e. The summed E-state index contributed by atoms with van der Waals surface area (Å²) in [5.41, 5.74) is 8.60. The molecule has 1 aromatic carbocycles. The molecule has 0 aromatic heterocycles. The largest absolute Gasteiger partial charge is 0.453 e. The van der Waals surface area contributed by atoms with Gasteiger partial charge in [0.15, 0.2) is 11.5 Å². The predicted octanol–water partition coefficient (Wildman–Crippen LogP) is 2.52. The van der Waals surface area contributed by atoms with Crippen LogP contribution in [0.3, 0.4) is 0 Å². The zero-order valence-corrected chi connectivity index (χ0v) is 10.8. The fourth-order valence-electron chi connectivity index (χ4n) is 2.11. The van der Waals surface area contributed by atoms with Gasteiger partial charge in [-0.2, -0.15) is 0 Å². The Morgan fingerprint density at radius 1 is 1.38 bits per heavy atom. The smallest absolute Gasteiger partial charge is 0.231 e. The molecule has 3 nitrogen and oxygen atoms in total. The first-order chi connectivity index (χ1) is 7.59. The molecule has 1 aromatic rings. The van der Waals surface area contributed by atoms with Gasteiger partial charge in [0.05, 0.1) is 4.47 Å². The number of hydrogen-bond donors (Lipinski definition) is 1. The van der Waals surface area contributed by atoms with Crippen molar-refractivity contribution in [3.8, 4) is 11.5 Å². The van der Waals surface area contributed by atoms with Crippen molar-refractivity contribution >= 4 is 15.9 Å². The van der Waals surface area contributed by atoms with Gasteiger partial charge in [0.1, 0.15) is 0 Å². The first-order valence-corrected chi connectivity index (χ1v) is 6.25. The zero-order chi connectivity index (χ0) is 11.3. The monoisotopic (exact) mass is 283 g/mol. The minimum atomic E-state index is 0.0257. The summed E-state index contributed by atoms with van der Waals surface area (Å²) in [7, 11) is 0. The Morgan fingerprint density at radius 3 is 2.75 bits per heavy atom. The highest BCUT2D eigenvalue weighted by atomic mass is 79.9. The summed E-state index contributed by atoms with van der Waals surface area (Å²) in [5.74, 6) is 1.69. The first kappa shape index (κ1) is 10.4. The molecule has 86 valence electrons. The van der Waals surface area contributed by atoms with E-state index in [1.807, 2.05) is 0 Å². The molecule has 0 amide bonds. The van der Waals surface area contributed by atoms with Gasteiger partial charge in [-0.25, -0.2) is 0 Å². The molecule has 0 spiro atoms. The fraction of sp³-hybridized carbons (Fsp3) is 0.500. The lowest BCUT2D eigenvalue weighted by atomic mass is 9.99. The quantitative estimate of drug-likeness (QED) is 0.907. The zero-order valence-electron chi connectivity index (χ0n) is 9.18. The van der Waals surface area contributed by atoms with Crippen molar-refractivity contribution < 1.29 is 9.47 Å². The Kier molecular flexibility index (Phi) is 2.20. The third-order valence-electron chi connectivity index (χ3n) is 3.39. The van der Waals surface area contributed by atoms with Gasteiger partial charge in [-0.05, 0) is 59.3 Å². The summed E-state index contributed by atoms with van der Waals surface area (Å²) in [6.07, 6.45) is 3.17. The van der Waals surface area contributed by atoms with E-state index >= 15 is 0 Å². The number of rotatable bonds is 2. The maximum atomic E-state index is 6.16. The van der Waals surface area contributed by atoms with Crippen LogP contribution in [0.4, 0.5) is 0 Å². The van der Waals surface area contributed by atoms with E-state index in [4.69, 9.17) is 15.2 Å². The van der Waals surface area contributed by atoms with Gasteiger partial charge in [0, 0.05) is 5.54 Å². The number of ether oxygens (including phenoxy) is 2. The van der Waals surface area contributed by atoms with E-state index < -0.39 is 0 Å². The molecule has 3 rings (SSSR count). The lowest BCUT2D eigenvalue weighted by Gasteiger charge is -2.13. The summed E-state index contributed by atoms with van der Waals surface area (Å²) >= 11 is 3.51. The average Bonchev–Trinajstić information content (AvgIpc) is 2.81. The second-order valence-corrected chi connectivity index (χ2v) is 5.60. The second-order valence-electron chi connectivity index (χ2n) is 4.75. The molecule has 0 atom stereocenters. The van der Waals surface area contributed by atoms with Gasteiger partial charge >= 0.3 is 0 Å². The van der Waals surface area contributed by atoms with Crippen LogP contribution in [-0.4, -0.2) is 12.3 Å². The topological polar surface area (TPSA) is 44.5 Å². The molecule has 0 unspecified atom stereocenters. The summed E-state index contributed by atoms with van der Waals surface area (Å²) in [4.78, 5) is 0. The molecular formula is C12H14BrNO2. The van der Waals surface area contributed by atoms with Crippen molar-refractivity contribution in [2.24, 2.45) is 5.73 Å². The van der Waals surface area contributed by atoms with Crippen LogP contribution in [0.2, 0.25) is 0 Å². The Morgan fingerprint density at radius 2 is 2.06 bits per heavy atom. The van der Waals surface area contributed by atoms with Crippen molar-refractivity contribution in [1.29, 1.82) is 0 Å². The predicted molar refractivity (Wildman–Crippen MR) is 64.9 cm³/mol. The van der Waals surface area contributed by atoms with Crippen LogP contribution in [0.1, 0.15) is 24.0 Å². The molecule has 1 heterocycles. The third kappa shape index (κ3) is 1.60. The molecule has 16 heavy (non-hydrogen) atoms. The van der Waals surface area contributed by atoms with Crippen LogP contribution < -0.4 is 15.2 Å². The molecule has 0 radical (unpaired) electrons. The van der Waals surface area contributed by atoms with E-state index in [1.165, 1.54) is 5.56 Å². The van der Waals surface area contributed by atoms with Gasteiger partial charge in [-0.15, -0.1) is 0 Å². The van der Waals surface area contributed by atoms with E-state index in [1.54, 1.807) is 0 Å². The van der Waals surface area contributed by atoms with Gasteiger partial charge in [-0.3, -0.25) is 0 Å². The van der Waals surface area contributed by atoms with Crippen molar-refractivity contribution in [2.45, 2.75) is 31.7 Å². The molecular weight excluding hydrogens is 270 g/mol. The lowest BCUT2D eigenvalue weighted by molar-refractivity contribution is 0.173. The highest BCUT2D eigenvalue weighted by Gasteiger charge is 2.39. The van der Waals surface area contributed by atoms with Crippen LogP contribution in [-0.2, 0) is 6.42 Å². The molecule has 1 fully saturated rings. The van der Waals surface area contributed by atoms with E-state index in [-0.39, 0.29) is 5.54 Å². The fourth-order valence-corrected chi connectivity index (χ4v) is 2.68. The number of hydrogen-bond acceptors (Lipinski definition) is 3. The lowest BCUT2D eigenvalue weighted by Crippen LogP contribution is -2.24. The highest BCUT2D eigenvalue weighted by Crippen LogP contribution is 2.45. The highest BCUT2D eigenvalue weighted by molar-refractivity contribution is 9.10. The molecule has 1 aliphatic heterocycles. The summed E-state index contributed by atoms with van der Waals surface area (Å²) in [5, 5.41) is 0. The molecule has 1 aliphatic carbocycles. The van der Waals surface area contributed by atoms with E-state index in [0.717, 1.165) is 40.8 Å². The molecule has 0 bridgehead atoms. The van der Waals surface area contributed by atoms with Crippen molar-refractivity contribution in [1.82, 2.24) is 0 Å². The van der Waals surface area contributed by atoms with Gasteiger partial charge in [0.25, 0.3) is 0 Å². The minimum absolute atomic E-state index is 0.0257. The van der Waals surface area contributed by atoms with Gasteiger partial charge in [0.2, 0.25) is 6.79 Å². The molecule has 4 heteroatoms. The summed E-state index contributed by atoms with van der Waals surface area (Å²) in [6.45, 7) is 2.38. The first-order valence-electron chi connectivity index (χ1n) is 5.45. The maximum absolute atomic E-state index is 6.16. The molecule has 2 aliphatic rings. The van der Waals surface area contributed by atoms with Crippen molar-refractivity contribution in [3.05, 3.63) is 21.7 Å². The molecule has 2 N–H and O–H groups in total. The standard InChI is InChI=1S/C12H14BrNO2/c1-7-8(5-12(14)2-3-12)4-9(13)11-10(7)15-6-16-11/h4H,2-3,5-6,14H2,1H3. The number of nitrogens with two attached hydrogens (primary N) is 1. The normalized spacial score (nSPS) is 19.9. The number of halogens is 1. The number of fused-ring (bicyclic) bond motifs is 1. The summed E-state index contributed by atoms with van der Waals surface area (Å²) in [6, 6.07) is 2.11. The van der Waals surface area contributed by atoms with E-state index in [0.29, 0.717) is 6.79 Å². The van der Waals surface area contributed by atoms with Crippen LogP contribution >= 0.6 is 15.9 Å².